The van der Waals surface area contributed by atoms with Crippen molar-refractivity contribution in [2.75, 3.05) is 13.7 Å². The van der Waals surface area contributed by atoms with Gasteiger partial charge in [0, 0.05) is 16.7 Å². The summed E-state index contributed by atoms with van der Waals surface area (Å²) in [6.07, 6.45) is 6.11. The maximum absolute atomic E-state index is 12.7. The fraction of sp³-hybridized carbons (Fsp3) is 0.368. The first kappa shape index (κ1) is 18.5. The molecule has 1 saturated heterocycles. The summed E-state index contributed by atoms with van der Waals surface area (Å²) in [4.78, 5) is 36.2. The monoisotopic (exact) mass is 404 g/mol. The molecule has 4 rings (SSSR count). The molecule has 3 aliphatic rings. The van der Waals surface area contributed by atoms with Crippen molar-refractivity contribution in [1.82, 2.24) is 5.01 Å². The smallest absolute Gasteiger partial charge is 0.341 e. The standard InChI is InChI=1S/C19H17ClN2O6/c1-27-13-6-12(20)5-11(17(13)28-8-14(23)24)7-21-22-18(25)15-9-2-3-10(4-9)16(15)19(22)26/h2-3,5-7,9-10,15-16H,4,8H2,1H3,(H,23,24). The second-order valence-corrected chi connectivity index (χ2v) is 7.38. The van der Waals surface area contributed by atoms with Crippen LogP contribution in [-0.2, 0) is 14.4 Å². The fourth-order valence-electron chi connectivity index (χ4n) is 4.25. The first-order chi connectivity index (χ1) is 13.4. The van der Waals surface area contributed by atoms with Crippen molar-refractivity contribution in [1.29, 1.82) is 0 Å². The predicted octanol–water partition coefficient (Wildman–Crippen LogP) is 1.95. The molecular weight excluding hydrogens is 388 g/mol. The van der Waals surface area contributed by atoms with Crippen molar-refractivity contribution >= 4 is 35.6 Å². The summed E-state index contributed by atoms with van der Waals surface area (Å²) in [6, 6.07) is 2.96. The Hall–Kier alpha value is -2.87. The van der Waals surface area contributed by atoms with Gasteiger partial charge in [-0.05, 0) is 24.3 Å². The number of halogens is 1. The van der Waals surface area contributed by atoms with Crippen LogP contribution in [0.1, 0.15) is 12.0 Å². The summed E-state index contributed by atoms with van der Waals surface area (Å²) in [6.45, 7) is -0.598. The molecule has 2 amide bonds. The molecule has 4 atom stereocenters. The lowest BCUT2D eigenvalue weighted by Crippen LogP contribution is -2.28. The number of carbonyl (C=O) groups is 3. The van der Waals surface area contributed by atoms with Gasteiger partial charge in [0.05, 0.1) is 25.2 Å². The van der Waals surface area contributed by atoms with E-state index in [2.05, 4.69) is 5.10 Å². The fourth-order valence-corrected chi connectivity index (χ4v) is 4.46. The zero-order chi connectivity index (χ0) is 20.0. The third-order valence-corrected chi connectivity index (χ3v) is 5.59. The lowest BCUT2D eigenvalue weighted by molar-refractivity contribution is -0.141. The van der Waals surface area contributed by atoms with E-state index in [1.165, 1.54) is 25.5 Å². The molecule has 1 saturated carbocycles. The number of nitrogens with zero attached hydrogens (tertiary/aromatic N) is 2. The number of carboxylic acids is 1. The number of hydrazone groups is 1. The number of hydrogen-bond acceptors (Lipinski definition) is 6. The molecule has 1 aromatic rings. The van der Waals surface area contributed by atoms with Gasteiger partial charge in [-0.3, -0.25) is 9.59 Å². The van der Waals surface area contributed by atoms with Crippen LogP contribution < -0.4 is 9.47 Å². The van der Waals surface area contributed by atoms with Gasteiger partial charge in [-0.25, -0.2) is 4.79 Å². The zero-order valence-corrected chi connectivity index (χ0v) is 15.6. The minimum atomic E-state index is -1.17. The second kappa shape index (κ2) is 6.94. The Balaban J connectivity index is 1.63. The van der Waals surface area contributed by atoms with Gasteiger partial charge in [0.2, 0.25) is 0 Å². The SMILES string of the molecule is COc1cc(Cl)cc(C=NN2C(=O)C3C4C=CC(C4)C3C2=O)c1OCC(=O)O. The average molecular weight is 405 g/mol. The molecule has 1 aliphatic heterocycles. The molecule has 146 valence electrons. The van der Waals surface area contributed by atoms with Gasteiger partial charge in [0.15, 0.2) is 18.1 Å². The van der Waals surface area contributed by atoms with Crippen molar-refractivity contribution in [3.63, 3.8) is 0 Å². The van der Waals surface area contributed by atoms with Gasteiger partial charge < -0.3 is 14.6 Å². The van der Waals surface area contributed by atoms with Crippen LogP contribution >= 0.6 is 11.6 Å². The molecule has 8 nitrogen and oxygen atoms in total. The number of carboxylic acid groups (broad SMARTS) is 1. The molecule has 1 heterocycles. The van der Waals surface area contributed by atoms with Gasteiger partial charge >= 0.3 is 5.97 Å². The van der Waals surface area contributed by atoms with Crippen molar-refractivity contribution in [2.24, 2.45) is 28.8 Å². The molecule has 1 aromatic carbocycles. The minimum Gasteiger partial charge on any atom is -0.493 e. The van der Waals surface area contributed by atoms with Crippen LogP contribution in [-0.4, -0.2) is 47.8 Å². The Morgan fingerprint density at radius 3 is 2.50 bits per heavy atom. The van der Waals surface area contributed by atoms with E-state index in [0.29, 0.717) is 10.6 Å². The number of imide groups is 1. The van der Waals surface area contributed by atoms with Crippen LogP contribution in [0.5, 0.6) is 11.5 Å². The van der Waals surface area contributed by atoms with E-state index in [1.807, 2.05) is 12.2 Å². The van der Waals surface area contributed by atoms with Crippen molar-refractivity contribution < 1.29 is 29.0 Å². The molecule has 9 heteroatoms. The van der Waals surface area contributed by atoms with Crippen molar-refractivity contribution in [3.05, 3.63) is 34.9 Å². The summed E-state index contributed by atoms with van der Waals surface area (Å²) in [5.74, 6) is -1.99. The third-order valence-electron chi connectivity index (χ3n) is 5.37. The molecule has 0 radical (unpaired) electrons. The number of hydrogen-bond donors (Lipinski definition) is 1. The lowest BCUT2D eigenvalue weighted by atomic mass is 9.85. The van der Waals surface area contributed by atoms with Crippen LogP contribution in [0.3, 0.4) is 0 Å². The second-order valence-electron chi connectivity index (χ2n) is 6.94. The largest absolute Gasteiger partial charge is 0.493 e. The highest BCUT2D eigenvalue weighted by atomic mass is 35.5. The van der Waals surface area contributed by atoms with Gasteiger partial charge in [-0.2, -0.15) is 10.1 Å². The van der Waals surface area contributed by atoms with Gasteiger partial charge in [-0.1, -0.05) is 23.8 Å². The summed E-state index contributed by atoms with van der Waals surface area (Å²) < 4.78 is 10.5. The van der Waals surface area contributed by atoms with Crippen LogP contribution in [0.4, 0.5) is 0 Å². The van der Waals surface area contributed by atoms with Crippen LogP contribution in [0.2, 0.25) is 5.02 Å². The highest BCUT2D eigenvalue weighted by Crippen LogP contribution is 2.52. The topological polar surface area (TPSA) is 106 Å². The van der Waals surface area contributed by atoms with E-state index in [-0.39, 0.29) is 47.0 Å². The van der Waals surface area contributed by atoms with Crippen molar-refractivity contribution in [3.8, 4) is 11.5 Å². The quantitative estimate of drug-likeness (QED) is 0.441. The van der Waals surface area contributed by atoms with Crippen LogP contribution in [0.15, 0.2) is 29.4 Å². The maximum Gasteiger partial charge on any atom is 0.341 e. The van der Waals surface area contributed by atoms with E-state index in [0.717, 1.165) is 11.4 Å². The molecule has 2 fully saturated rings. The number of carbonyl (C=O) groups excluding carboxylic acids is 2. The molecular formula is C19H17ClN2O6. The number of aliphatic carboxylic acids is 1. The highest BCUT2D eigenvalue weighted by Gasteiger charge is 2.59. The Morgan fingerprint density at radius 1 is 1.29 bits per heavy atom. The molecule has 4 unspecified atom stereocenters. The first-order valence-corrected chi connectivity index (χ1v) is 9.10. The summed E-state index contributed by atoms with van der Waals surface area (Å²) >= 11 is 6.07. The van der Waals surface area contributed by atoms with Crippen LogP contribution in [0, 0.1) is 23.7 Å². The van der Waals surface area contributed by atoms with E-state index in [4.69, 9.17) is 26.2 Å². The van der Waals surface area contributed by atoms with E-state index >= 15 is 0 Å². The number of ether oxygens (including phenoxy) is 2. The van der Waals surface area contributed by atoms with Crippen molar-refractivity contribution in [2.45, 2.75) is 6.42 Å². The Morgan fingerprint density at radius 2 is 1.93 bits per heavy atom. The van der Waals surface area contributed by atoms with Crippen LogP contribution in [0.25, 0.3) is 0 Å². The average Bonchev–Trinajstić information content (AvgIpc) is 3.33. The number of rotatable bonds is 6. The van der Waals surface area contributed by atoms with E-state index in [9.17, 15) is 14.4 Å². The Kier molecular flexibility index (Phi) is 4.58. The lowest BCUT2D eigenvalue weighted by Gasteiger charge is -2.14. The minimum absolute atomic E-state index is 0.0902. The Bertz CT molecular complexity index is 897. The molecule has 2 aliphatic carbocycles. The maximum atomic E-state index is 12.7. The number of methoxy groups -OCH3 is 1. The molecule has 2 bridgehead atoms. The number of allylic oxidation sites excluding steroid dienone is 2. The number of fused-ring (bicyclic) bond motifs is 5. The zero-order valence-electron chi connectivity index (χ0n) is 14.9. The summed E-state index contributed by atoms with van der Waals surface area (Å²) in [5, 5.41) is 14.2. The number of amides is 2. The van der Waals surface area contributed by atoms with Gasteiger partial charge in [0.25, 0.3) is 11.8 Å². The van der Waals surface area contributed by atoms with Gasteiger partial charge in [0.1, 0.15) is 0 Å². The van der Waals surface area contributed by atoms with E-state index < -0.39 is 12.6 Å². The number of benzene rings is 1. The summed E-state index contributed by atoms with van der Waals surface area (Å²) in [7, 11) is 1.39. The molecule has 0 aromatic heterocycles. The first-order valence-electron chi connectivity index (χ1n) is 8.73. The third kappa shape index (κ3) is 2.93. The molecule has 28 heavy (non-hydrogen) atoms. The van der Waals surface area contributed by atoms with Gasteiger partial charge in [-0.15, -0.1) is 0 Å². The predicted molar refractivity (Wildman–Crippen MR) is 98.3 cm³/mol. The molecule has 0 spiro atoms. The molecule has 1 N–H and O–H groups in total. The Labute approximate surface area is 165 Å². The summed E-state index contributed by atoms with van der Waals surface area (Å²) in [5.41, 5.74) is 0.296. The van der Waals surface area contributed by atoms with E-state index in [1.54, 1.807) is 0 Å². The highest BCUT2D eigenvalue weighted by molar-refractivity contribution is 6.31. The normalized spacial score (nSPS) is 27.7.